The van der Waals surface area contributed by atoms with Crippen LogP contribution in [-0.4, -0.2) is 35.6 Å². The Kier molecular flexibility index (Phi) is 4.94. The van der Waals surface area contributed by atoms with E-state index in [1.807, 2.05) is 0 Å². The zero-order valence-corrected chi connectivity index (χ0v) is 10.8. The van der Waals surface area contributed by atoms with Crippen molar-refractivity contribution in [2.45, 2.75) is 19.4 Å². The van der Waals surface area contributed by atoms with Crippen molar-refractivity contribution in [3.05, 3.63) is 35.4 Å². The van der Waals surface area contributed by atoms with Crippen molar-refractivity contribution in [2.75, 3.05) is 6.54 Å². The molecule has 1 aromatic rings. The van der Waals surface area contributed by atoms with Gasteiger partial charge in [0.1, 0.15) is 6.04 Å². The SMILES string of the molecule is [2H]CCc1ccc(C(=O)N[C@@H](CNC(N)=O)C(=O)O)cc1. The Hall–Kier alpha value is -2.57. The van der Waals surface area contributed by atoms with Gasteiger partial charge in [-0.3, -0.25) is 4.79 Å². The number of carboxylic acids is 1. The monoisotopic (exact) mass is 280 g/mol. The van der Waals surface area contributed by atoms with Gasteiger partial charge in [-0.1, -0.05) is 19.0 Å². The minimum atomic E-state index is -1.28. The fourth-order valence-corrected chi connectivity index (χ4v) is 1.47. The van der Waals surface area contributed by atoms with Crippen LogP contribution in [0.1, 0.15) is 24.2 Å². The fourth-order valence-electron chi connectivity index (χ4n) is 1.47. The van der Waals surface area contributed by atoms with E-state index >= 15 is 0 Å². The molecular weight excluding hydrogens is 262 g/mol. The highest BCUT2D eigenvalue weighted by atomic mass is 16.4. The van der Waals surface area contributed by atoms with Gasteiger partial charge in [-0.2, -0.15) is 0 Å². The molecule has 0 aliphatic heterocycles. The minimum Gasteiger partial charge on any atom is -0.480 e. The lowest BCUT2D eigenvalue weighted by Crippen LogP contribution is -2.49. The van der Waals surface area contributed by atoms with Gasteiger partial charge >= 0.3 is 12.0 Å². The van der Waals surface area contributed by atoms with Crippen molar-refractivity contribution in [1.82, 2.24) is 10.6 Å². The first-order chi connectivity index (χ1) is 9.93. The number of hydrogen-bond donors (Lipinski definition) is 4. The molecule has 1 atom stereocenters. The van der Waals surface area contributed by atoms with Crippen LogP contribution in [0.3, 0.4) is 0 Å². The number of aryl methyl sites for hydroxylation is 1. The molecule has 0 spiro atoms. The molecule has 0 aromatic heterocycles. The lowest BCUT2D eigenvalue weighted by Gasteiger charge is -2.14. The zero-order valence-electron chi connectivity index (χ0n) is 11.8. The molecule has 7 heteroatoms. The van der Waals surface area contributed by atoms with E-state index in [-0.39, 0.29) is 13.4 Å². The Balaban J connectivity index is 2.67. The molecule has 20 heavy (non-hydrogen) atoms. The maximum Gasteiger partial charge on any atom is 0.328 e. The minimum absolute atomic E-state index is 0.255. The van der Waals surface area contributed by atoms with Crippen LogP contribution in [0.25, 0.3) is 0 Å². The highest BCUT2D eigenvalue weighted by Crippen LogP contribution is 2.05. The van der Waals surface area contributed by atoms with Crippen LogP contribution in [-0.2, 0) is 11.2 Å². The van der Waals surface area contributed by atoms with Crippen molar-refractivity contribution in [3.63, 3.8) is 0 Å². The molecule has 3 amide bonds. The maximum absolute atomic E-state index is 11.9. The van der Waals surface area contributed by atoms with E-state index in [1.54, 1.807) is 24.3 Å². The number of carbonyl (C=O) groups is 3. The molecule has 0 aliphatic carbocycles. The zero-order chi connectivity index (χ0) is 15.8. The summed E-state index contributed by atoms with van der Waals surface area (Å²) < 4.78 is 7.11. The van der Waals surface area contributed by atoms with E-state index in [0.717, 1.165) is 5.56 Å². The van der Waals surface area contributed by atoms with Crippen LogP contribution in [0.15, 0.2) is 24.3 Å². The van der Waals surface area contributed by atoms with Gasteiger partial charge in [0.05, 0.1) is 6.54 Å². The van der Waals surface area contributed by atoms with Crippen LogP contribution in [0, 0.1) is 0 Å². The molecule has 1 rings (SSSR count). The fraction of sp³-hybridized carbons (Fsp3) is 0.308. The largest absolute Gasteiger partial charge is 0.480 e. The van der Waals surface area contributed by atoms with Crippen LogP contribution in [0.5, 0.6) is 0 Å². The number of aliphatic carboxylic acids is 1. The quantitative estimate of drug-likeness (QED) is 0.590. The van der Waals surface area contributed by atoms with E-state index in [1.165, 1.54) is 0 Å². The standard InChI is InChI=1S/C13H17N3O4/c1-2-8-3-5-9(6-4-8)11(17)16-10(12(18)19)7-15-13(14)20/h3-6,10H,2,7H2,1H3,(H,16,17)(H,18,19)(H3,14,15,20)/t10-/m0/s1/i1D. The van der Waals surface area contributed by atoms with Gasteiger partial charge in [-0.05, 0) is 24.1 Å². The number of primary amides is 1. The summed E-state index contributed by atoms with van der Waals surface area (Å²) in [5.74, 6) is -1.84. The molecule has 108 valence electrons. The smallest absolute Gasteiger partial charge is 0.328 e. The van der Waals surface area contributed by atoms with Gasteiger partial charge in [-0.25, -0.2) is 9.59 Å². The highest BCUT2D eigenvalue weighted by Gasteiger charge is 2.20. The molecular formula is C13H17N3O4. The van der Waals surface area contributed by atoms with Crippen LogP contribution in [0.4, 0.5) is 4.79 Å². The third kappa shape index (κ3) is 4.60. The van der Waals surface area contributed by atoms with Crippen LogP contribution < -0.4 is 16.4 Å². The molecule has 0 heterocycles. The number of amides is 3. The van der Waals surface area contributed by atoms with Gasteiger partial charge in [0.25, 0.3) is 5.91 Å². The molecule has 0 saturated heterocycles. The van der Waals surface area contributed by atoms with E-state index in [2.05, 4.69) is 10.6 Å². The third-order valence-electron chi connectivity index (χ3n) is 2.59. The number of urea groups is 1. The average molecular weight is 280 g/mol. The third-order valence-corrected chi connectivity index (χ3v) is 2.59. The first-order valence-corrected chi connectivity index (χ1v) is 5.89. The Morgan fingerprint density at radius 2 is 2.00 bits per heavy atom. The predicted molar refractivity (Wildman–Crippen MR) is 72.3 cm³/mol. The highest BCUT2D eigenvalue weighted by molar-refractivity contribution is 5.96. The van der Waals surface area contributed by atoms with Crippen molar-refractivity contribution < 1.29 is 20.9 Å². The van der Waals surface area contributed by atoms with Crippen LogP contribution >= 0.6 is 0 Å². The number of nitrogens with two attached hydrogens (primary N) is 1. The summed E-state index contributed by atoms with van der Waals surface area (Å²) in [7, 11) is 0. The van der Waals surface area contributed by atoms with E-state index < -0.39 is 23.9 Å². The summed E-state index contributed by atoms with van der Waals surface area (Å²) in [6.45, 7) is -0.0429. The summed E-state index contributed by atoms with van der Waals surface area (Å²) in [4.78, 5) is 33.5. The number of benzene rings is 1. The molecule has 7 nitrogen and oxygen atoms in total. The number of carbonyl (C=O) groups excluding carboxylic acids is 2. The predicted octanol–water partition coefficient (Wildman–Crippen LogP) is 0.100. The molecule has 0 aliphatic rings. The molecule has 0 radical (unpaired) electrons. The van der Waals surface area contributed by atoms with E-state index in [0.29, 0.717) is 12.0 Å². The Labute approximate surface area is 117 Å². The summed E-state index contributed by atoms with van der Waals surface area (Å²) >= 11 is 0. The number of carboxylic acid groups (broad SMARTS) is 1. The second-order valence-corrected chi connectivity index (χ2v) is 4.06. The number of nitrogens with one attached hydrogen (secondary N) is 2. The number of hydrogen-bond acceptors (Lipinski definition) is 3. The lowest BCUT2D eigenvalue weighted by atomic mass is 10.1. The van der Waals surface area contributed by atoms with Gasteiger partial charge in [-0.15, -0.1) is 0 Å². The van der Waals surface area contributed by atoms with E-state index in [4.69, 9.17) is 12.2 Å². The maximum atomic E-state index is 11.9. The van der Waals surface area contributed by atoms with Gasteiger partial charge in [0.15, 0.2) is 0 Å². The van der Waals surface area contributed by atoms with Crippen molar-refractivity contribution in [2.24, 2.45) is 5.73 Å². The first-order valence-electron chi connectivity index (χ1n) is 6.60. The van der Waals surface area contributed by atoms with Gasteiger partial charge < -0.3 is 21.5 Å². The van der Waals surface area contributed by atoms with E-state index in [9.17, 15) is 14.4 Å². The van der Waals surface area contributed by atoms with Gasteiger partial charge in [0, 0.05) is 6.93 Å². The lowest BCUT2D eigenvalue weighted by molar-refractivity contribution is -0.139. The molecule has 5 N–H and O–H groups in total. The normalized spacial score (nSPS) is 12.1. The average Bonchev–Trinajstić information content (AvgIpc) is 2.43. The van der Waals surface area contributed by atoms with Crippen LogP contribution in [0.2, 0.25) is 0 Å². The Morgan fingerprint density at radius 3 is 2.50 bits per heavy atom. The van der Waals surface area contributed by atoms with Crippen molar-refractivity contribution in [3.8, 4) is 0 Å². The summed E-state index contributed by atoms with van der Waals surface area (Å²) in [6, 6.07) is 4.40. The topological polar surface area (TPSA) is 122 Å². The molecule has 1 aromatic carbocycles. The molecule has 0 bridgehead atoms. The molecule has 0 saturated carbocycles. The van der Waals surface area contributed by atoms with Gasteiger partial charge in [0.2, 0.25) is 0 Å². The second-order valence-electron chi connectivity index (χ2n) is 4.06. The second kappa shape index (κ2) is 7.13. The summed E-state index contributed by atoms with van der Waals surface area (Å²) in [5, 5.41) is 13.4. The first kappa shape index (κ1) is 13.9. The summed E-state index contributed by atoms with van der Waals surface area (Å²) in [6.07, 6.45) is 0.585. The molecule has 0 fully saturated rings. The Morgan fingerprint density at radius 1 is 1.35 bits per heavy atom. The Bertz CT molecular complexity index is 519. The number of rotatable bonds is 6. The summed E-state index contributed by atoms with van der Waals surface area (Å²) in [5.41, 5.74) is 6.08. The molecule has 0 unspecified atom stereocenters. The van der Waals surface area contributed by atoms with Crippen molar-refractivity contribution in [1.29, 1.82) is 0 Å². The van der Waals surface area contributed by atoms with Crippen molar-refractivity contribution >= 4 is 17.9 Å².